The SMILES string of the molecule is Cc1cccc(S(=O)(=O)Nc2ccc(NCc3ccccc3Cl)cc2)c1. The fraction of sp³-hybridized carbons (Fsp3) is 0.100. The van der Waals surface area contributed by atoms with Crippen LogP contribution < -0.4 is 10.0 Å². The van der Waals surface area contributed by atoms with E-state index in [9.17, 15) is 8.42 Å². The number of benzene rings is 3. The molecule has 134 valence electrons. The molecule has 3 rings (SSSR count). The third kappa shape index (κ3) is 4.56. The van der Waals surface area contributed by atoms with Crippen molar-refractivity contribution in [3.63, 3.8) is 0 Å². The third-order valence-electron chi connectivity index (χ3n) is 3.88. The Morgan fingerprint density at radius 1 is 0.885 bits per heavy atom. The van der Waals surface area contributed by atoms with E-state index in [1.54, 1.807) is 30.3 Å². The normalized spacial score (nSPS) is 11.2. The Labute approximate surface area is 158 Å². The maximum Gasteiger partial charge on any atom is 0.261 e. The van der Waals surface area contributed by atoms with Crippen molar-refractivity contribution >= 4 is 33.0 Å². The van der Waals surface area contributed by atoms with Crippen molar-refractivity contribution in [2.45, 2.75) is 18.4 Å². The van der Waals surface area contributed by atoms with Crippen LogP contribution in [0.5, 0.6) is 0 Å². The summed E-state index contributed by atoms with van der Waals surface area (Å²) in [6.45, 7) is 2.45. The van der Waals surface area contributed by atoms with E-state index in [2.05, 4.69) is 10.0 Å². The van der Waals surface area contributed by atoms with Gasteiger partial charge in [0, 0.05) is 22.9 Å². The molecule has 0 amide bonds. The molecule has 0 aliphatic carbocycles. The van der Waals surface area contributed by atoms with Crippen molar-refractivity contribution in [1.29, 1.82) is 0 Å². The van der Waals surface area contributed by atoms with Crippen LogP contribution in [0.3, 0.4) is 0 Å². The molecule has 3 aromatic carbocycles. The number of nitrogens with one attached hydrogen (secondary N) is 2. The van der Waals surface area contributed by atoms with E-state index >= 15 is 0 Å². The molecule has 0 spiro atoms. The van der Waals surface area contributed by atoms with Gasteiger partial charge in [0.25, 0.3) is 10.0 Å². The van der Waals surface area contributed by atoms with Crippen molar-refractivity contribution < 1.29 is 8.42 Å². The third-order valence-corrected chi connectivity index (χ3v) is 5.63. The second kappa shape index (κ2) is 7.81. The maximum atomic E-state index is 12.4. The molecule has 0 saturated heterocycles. The highest BCUT2D eigenvalue weighted by molar-refractivity contribution is 7.92. The van der Waals surface area contributed by atoms with Crippen molar-refractivity contribution in [2.24, 2.45) is 0 Å². The average Bonchev–Trinajstić information content (AvgIpc) is 2.62. The molecule has 0 heterocycles. The Morgan fingerprint density at radius 3 is 2.27 bits per heavy atom. The molecule has 0 aliphatic rings. The number of hydrogen-bond acceptors (Lipinski definition) is 3. The molecular formula is C20H19ClN2O2S. The van der Waals surface area contributed by atoms with Gasteiger partial charge in [0.2, 0.25) is 0 Å². The second-order valence-corrected chi connectivity index (χ2v) is 8.03. The summed E-state index contributed by atoms with van der Waals surface area (Å²) in [5.41, 5.74) is 3.28. The van der Waals surface area contributed by atoms with Crippen LogP contribution in [0.2, 0.25) is 5.02 Å². The molecule has 26 heavy (non-hydrogen) atoms. The van der Waals surface area contributed by atoms with Gasteiger partial charge in [0.15, 0.2) is 0 Å². The number of aryl methyl sites for hydroxylation is 1. The number of rotatable bonds is 6. The molecule has 4 nitrogen and oxygen atoms in total. The number of sulfonamides is 1. The Morgan fingerprint density at radius 2 is 1.58 bits per heavy atom. The molecule has 2 N–H and O–H groups in total. The molecule has 0 bridgehead atoms. The minimum atomic E-state index is -3.60. The molecule has 0 radical (unpaired) electrons. The summed E-state index contributed by atoms with van der Waals surface area (Å²) in [5, 5.41) is 3.98. The van der Waals surface area contributed by atoms with Crippen LogP contribution in [-0.4, -0.2) is 8.42 Å². The lowest BCUT2D eigenvalue weighted by Gasteiger charge is -2.11. The molecule has 0 aliphatic heterocycles. The summed E-state index contributed by atoms with van der Waals surface area (Å²) in [7, 11) is -3.60. The molecule has 0 fully saturated rings. The van der Waals surface area contributed by atoms with E-state index < -0.39 is 10.0 Å². The molecule has 0 atom stereocenters. The monoisotopic (exact) mass is 386 g/mol. The largest absolute Gasteiger partial charge is 0.381 e. The zero-order valence-electron chi connectivity index (χ0n) is 14.2. The number of hydrogen-bond donors (Lipinski definition) is 2. The van der Waals surface area contributed by atoms with E-state index in [4.69, 9.17) is 11.6 Å². The summed E-state index contributed by atoms with van der Waals surface area (Å²) < 4.78 is 27.5. The van der Waals surface area contributed by atoms with Gasteiger partial charge in [-0.05, 0) is 60.5 Å². The van der Waals surface area contributed by atoms with Crippen LogP contribution in [0.25, 0.3) is 0 Å². The first-order chi connectivity index (χ1) is 12.4. The van der Waals surface area contributed by atoms with Gasteiger partial charge in [-0.3, -0.25) is 4.72 Å². The van der Waals surface area contributed by atoms with E-state index in [0.717, 1.165) is 16.8 Å². The van der Waals surface area contributed by atoms with Gasteiger partial charge in [-0.15, -0.1) is 0 Å². The van der Waals surface area contributed by atoms with E-state index in [-0.39, 0.29) is 4.90 Å². The van der Waals surface area contributed by atoms with Gasteiger partial charge in [-0.2, -0.15) is 0 Å². The summed E-state index contributed by atoms with van der Waals surface area (Å²) in [6, 6.07) is 21.5. The van der Waals surface area contributed by atoms with Crippen molar-refractivity contribution in [2.75, 3.05) is 10.0 Å². The topological polar surface area (TPSA) is 58.2 Å². The van der Waals surface area contributed by atoms with Crippen LogP contribution in [-0.2, 0) is 16.6 Å². The van der Waals surface area contributed by atoms with Crippen molar-refractivity contribution in [1.82, 2.24) is 0 Å². The first-order valence-electron chi connectivity index (χ1n) is 8.11. The van der Waals surface area contributed by atoms with E-state index in [1.807, 2.05) is 49.4 Å². The zero-order chi connectivity index (χ0) is 18.6. The van der Waals surface area contributed by atoms with Crippen molar-refractivity contribution in [3.05, 3.63) is 88.9 Å². The van der Waals surface area contributed by atoms with Gasteiger partial charge >= 0.3 is 0 Å². The second-order valence-electron chi connectivity index (χ2n) is 5.94. The van der Waals surface area contributed by atoms with Gasteiger partial charge in [0.1, 0.15) is 0 Å². The minimum Gasteiger partial charge on any atom is -0.381 e. The Bertz CT molecular complexity index is 1000. The summed E-state index contributed by atoms with van der Waals surface area (Å²) in [5.74, 6) is 0. The minimum absolute atomic E-state index is 0.249. The Kier molecular flexibility index (Phi) is 5.49. The van der Waals surface area contributed by atoms with Gasteiger partial charge in [-0.25, -0.2) is 8.42 Å². The summed E-state index contributed by atoms with van der Waals surface area (Å²) in [4.78, 5) is 0.249. The molecule has 0 saturated carbocycles. The highest BCUT2D eigenvalue weighted by Gasteiger charge is 2.14. The number of halogens is 1. The molecule has 0 unspecified atom stereocenters. The predicted molar refractivity (Wildman–Crippen MR) is 107 cm³/mol. The van der Waals surface area contributed by atoms with E-state index in [0.29, 0.717) is 17.3 Å². The lowest BCUT2D eigenvalue weighted by atomic mass is 10.2. The molecule has 3 aromatic rings. The maximum absolute atomic E-state index is 12.4. The fourth-order valence-corrected chi connectivity index (χ4v) is 3.86. The highest BCUT2D eigenvalue weighted by atomic mass is 35.5. The standard InChI is InChI=1S/C20H19ClN2O2S/c1-15-5-4-7-19(13-15)26(24,25)23-18-11-9-17(10-12-18)22-14-16-6-2-3-8-20(16)21/h2-13,22-23H,14H2,1H3. The van der Waals surface area contributed by atoms with E-state index in [1.165, 1.54) is 0 Å². The van der Waals surface area contributed by atoms with Crippen LogP contribution in [0.4, 0.5) is 11.4 Å². The van der Waals surface area contributed by atoms with Crippen LogP contribution in [0, 0.1) is 6.92 Å². The fourth-order valence-electron chi connectivity index (χ4n) is 2.49. The first kappa shape index (κ1) is 18.3. The molecule has 0 aromatic heterocycles. The average molecular weight is 387 g/mol. The Hall–Kier alpha value is -2.50. The quantitative estimate of drug-likeness (QED) is 0.622. The lowest BCUT2D eigenvalue weighted by molar-refractivity contribution is 0.601. The summed E-state index contributed by atoms with van der Waals surface area (Å²) in [6.07, 6.45) is 0. The number of anilines is 2. The highest BCUT2D eigenvalue weighted by Crippen LogP contribution is 2.21. The van der Waals surface area contributed by atoms with Crippen LogP contribution in [0.15, 0.2) is 77.7 Å². The van der Waals surface area contributed by atoms with Gasteiger partial charge < -0.3 is 5.32 Å². The predicted octanol–water partition coefficient (Wildman–Crippen LogP) is 5.06. The molecule has 6 heteroatoms. The molecular weight excluding hydrogens is 368 g/mol. The van der Waals surface area contributed by atoms with Gasteiger partial charge in [-0.1, -0.05) is 41.9 Å². The lowest BCUT2D eigenvalue weighted by Crippen LogP contribution is -2.13. The zero-order valence-corrected chi connectivity index (χ0v) is 15.8. The smallest absolute Gasteiger partial charge is 0.261 e. The van der Waals surface area contributed by atoms with Gasteiger partial charge in [0.05, 0.1) is 4.90 Å². The van der Waals surface area contributed by atoms with Crippen LogP contribution >= 0.6 is 11.6 Å². The Balaban J connectivity index is 1.67. The van der Waals surface area contributed by atoms with Crippen LogP contribution in [0.1, 0.15) is 11.1 Å². The summed E-state index contributed by atoms with van der Waals surface area (Å²) >= 11 is 6.14. The van der Waals surface area contributed by atoms with Crippen molar-refractivity contribution in [3.8, 4) is 0 Å². The first-order valence-corrected chi connectivity index (χ1v) is 9.97.